The van der Waals surface area contributed by atoms with Crippen LogP contribution in [-0.4, -0.2) is 19.0 Å². The minimum Gasteiger partial charge on any atom is -0.347 e. The van der Waals surface area contributed by atoms with Gasteiger partial charge in [-0.25, -0.2) is 0 Å². The first-order valence-electron chi connectivity index (χ1n) is 5.19. The molecule has 1 heterocycles. The van der Waals surface area contributed by atoms with Crippen LogP contribution in [0.5, 0.6) is 0 Å². The maximum atomic E-state index is 5.79. The average molecular weight is 168 g/mol. The summed E-state index contributed by atoms with van der Waals surface area (Å²) < 4.78 is 11.6. The van der Waals surface area contributed by atoms with Crippen LogP contribution in [0, 0.1) is 11.8 Å². The Labute approximate surface area is 73.2 Å². The van der Waals surface area contributed by atoms with E-state index in [2.05, 4.69) is 0 Å². The van der Waals surface area contributed by atoms with Gasteiger partial charge in [-0.2, -0.15) is 0 Å². The van der Waals surface area contributed by atoms with E-state index in [-0.39, 0.29) is 5.79 Å². The van der Waals surface area contributed by atoms with E-state index >= 15 is 0 Å². The first-order valence-corrected chi connectivity index (χ1v) is 5.19. The van der Waals surface area contributed by atoms with Crippen LogP contribution in [0.25, 0.3) is 0 Å². The van der Waals surface area contributed by atoms with Crippen LogP contribution < -0.4 is 0 Å². The lowest BCUT2D eigenvalue weighted by Gasteiger charge is -2.28. The van der Waals surface area contributed by atoms with Gasteiger partial charge < -0.3 is 9.47 Å². The van der Waals surface area contributed by atoms with Gasteiger partial charge in [0.1, 0.15) is 0 Å². The lowest BCUT2D eigenvalue weighted by Crippen LogP contribution is -2.34. The minimum absolute atomic E-state index is 0.110. The van der Waals surface area contributed by atoms with Crippen molar-refractivity contribution in [2.45, 2.75) is 37.9 Å². The highest BCUT2D eigenvalue weighted by atomic mass is 16.7. The molecule has 1 saturated heterocycles. The van der Waals surface area contributed by atoms with Gasteiger partial charge in [0.05, 0.1) is 13.2 Å². The molecule has 2 heteroatoms. The number of fused-ring (bicyclic) bond motifs is 2. The van der Waals surface area contributed by atoms with Gasteiger partial charge in [0.15, 0.2) is 5.79 Å². The molecule has 0 bridgehead atoms. The highest BCUT2D eigenvalue weighted by Crippen LogP contribution is 2.53. The molecule has 12 heavy (non-hydrogen) atoms. The Morgan fingerprint density at radius 2 is 1.83 bits per heavy atom. The Morgan fingerprint density at radius 3 is 2.67 bits per heavy atom. The summed E-state index contributed by atoms with van der Waals surface area (Å²) in [4.78, 5) is 0. The highest BCUT2D eigenvalue weighted by Gasteiger charge is 2.53. The highest BCUT2D eigenvalue weighted by molar-refractivity contribution is 4.97. The molecule has 0 aromatic heterocycles. The summed E-state index contributed by atoms with van der Waals surface area (Å²) in [7, 11) is 0. The van der Waals surface area contributed by atoms with Gasteiger partial charge in [0, 0.05) is 12.3 Å². The molecule has 2 aliphatic carbocycles. The molecule has 1 spiro atoms. The van der Waals surface area contributed by atoms with E-state index in [1.54, 1.807) is 0 Å². The van der Waals surface area contributed by atoms with Gasteiger partial charge in [-0.3, -0.25) is 0 Å². The van der Waals surface area contributed by atoms with Crippen LogP contribution in [0.3, 0.4) is 0 Å². The normalized spacial score (nSPS) is 44.0. The third kappa shape index (κ3) is 0.826. The second-order valence-electron chi connectivity index (χ2n) is 4.34. The molecule has 3 aliphatic rings. The Balaban J connectivity index is 1.86. The molecule has 0 aromatic carbocycles. The van der Waals surface area contributed by atoms with Gasteiger partial charge in [0.25, 0.3) is 0 Å². The molecule has 2 unspecified atom stereocenters. The molecule has 0 amide bonds. The van der Waals surface area contributed by atoms with Crippen molar-refractivity contribution in [1.29, 1.82) is 0 Å². The maximum Gasteiger partial charge on any atom is 0.171 e. The Kier molecular flexibility index (Phi) is 1.50. The monoisotopic (exact) mass is 168 g/mol. The van der Waals surface area contributed by atoms with Crippen molar-refractivity contribution in [3.63, 3.8) is 0 Å². The second kappa shape index (κ2) is 2.46. The maximum absolute atomic E-state index is 5.79. The zero-order valence-corrected chi connectivity index (χ0v) is 7.42. The third-order valence-electron chi connectivity index (χ3n) is 3.86. The van der Waals surface area contributed by atoms with Gasteiger partial charge >= 0.3 is 0 Å². The third-order valence-corrected chi connectivity index (χ3v) is 3.86. The molecule has 2 saturated carbocycles. The fourth-order valence-electron chi connectivity index (χ4n) is 3.36. The van der Waals surface area contributed by atoms with E-state index in [0.717, 1.165) is 31.5 Å². The Hall–Kier alpha value is -0.0800. The standard InChI is InChI=1S/C10H16O2/c1-2-8-4-5-10(9(8)3-1)11-6-7-12-10/h8-9H,1-7H2. The summed E-state index contributed by atoms with van der Waals surface area (Å²) in [6.07, 6.45) is 6.64. The Morgan fingerprint density at radius 1 is 1.00 bits per heavy atom. The first kappa shape index (κ1) is 7.34. The smallest absolute Gasteiger partial charge is 0.171 e. The molecule has 2 atom stereocenters. The molecular formula is C10H16O2. The molecule has 0 N–H and O–H groups in total. The molecule has 2 nitrogen and oxygen atoms in total. The van der Waals surface area contributed by atoms with Crippen molar-refractivity contribution >= 4 is 0 Å². The van der Waals surface area contributed by atoms with Gasteiger partial charge in [-0.05, 0) is 25.2 Å². The molecular weight excluding hydrogens is 152 g/mol. The quantitative estimate of drug-likeness (QED) is 0.550. The van der Waals surface area contributed by atoms with Gasteiger partial charge in [-0.1, -0.05) is 6.42 Å². The Bertz CT molecular complexity index is 184. The molecule has 68 valence electrons. The summed E-state index contributed by atoms with van der Waals surface area (Å²) in [6, 6.07) is 0. The van der Waals surface area contributed by atoms with E-state index in [4.69, 9.17) is 9.47 Å². The van der Waals surface area contributed by atoms with E-state index in [0.29, 0.717) is 0 Å². The van der Waals surface area contributed by atoms with Gasteiger partial charge in [-0.15, -0.1) is 0 Å². The number of hydrogen-bond acceptors (Lipinski definition) is 2. The summed E-state index contributed by atoms with van der Waals surface area (Å²) in [5.74, 6) is 1.55. The van der Waals surface area contributed by atoms with Crippen molar-refractivity contribution < 1.29 is 9.47 Å². The van der Waals surface area contributed by atoms with Crippen molar-refractivity contribution in [3.8, 4) is 0 Å². The minimum atomic E-state index is -0.110. The largest absolute Gasteiger partial charge is 0.347 e. The summed E-state index contributed by atoms with van der Waals surface area (Å²) in [6.45, 7) is 1.65. The zero-order valence-electron chi connectivity index (χ0n) is 7.42. The lowest BCUT2D eigenvalue weighted by molar-refractivity contribution is -0.183. The average Bonchev–Trinajstić information content (AvgIpc) is 2.76. The lowest BCUT2D eigenvalue weighted by atomic mass is 9.97. The van der Waals surface area contributed by atoms with Crippen molar-refractivity contribution in [2.75, 3.05) is 13.2 Å². The van der Waals surface area contributed by atoms with Crippen LogP contribution in [0.15, 0.2) is 0 Å². The van der Waals surface area contributed by atoms with Crippen LogP contribution >= 0.6 is 0 Å². The van der Waals surface area contributed by atoms with Crippen molar-refractivity contribution in [1.82, 2.24) is 0 Å². The van der Waals surface area contributed by atoms with Crippen LogP contribution in [0.4, 0.5) is 0 Å². The van der Waals surface area contributed by atoms with E-state index in [1.165, 1.54) is 25.7 Å². The molecule has 0 radical (unpaired) electrons. The van der Waals surface area contributed by atoms with Crippen molar-refractivity contribution in [2.24, 2.45) is 11.8 Å². The first-order chi connectivity index (χ1) is 5.91. The summed E-state index contributed by atoms with van der Waals surface area (Å²) >= 11 is 0. The zero-order chi connectivity index (χ0) is 8.02. The van der Waals surface area contributed by atoms with Crippen molar-refractivity contribution in [3.05, 3.63) is 0 Å². The molecule has 1 aliphatic heterocycles. The fraction of sp³-hybridized carbons (Fsp3) is 1.00. The predicted octanol–water partition coefficient (Wildman–Crippen LogP) is 1.94. The van der Waals surface area contributed by atoms with Gasteiger partial charge in [0.2, 0.25) is 0 Å². The van der Waals surface area contributed by atoms with E-state index < -0.39 is 0 Å². The second-order valence-corrected chi connectivity index (χ2v) is 4.34. The van der Waals surface area contributed by atoms with E-state index in [9.17, 15) is 0 Å². The SMILES string of the molecule is C1CC2CCC3(OCCO3)C2C1. The van der Waals surface area contributed by atoms with Crippen LogP contribution in [-0.2, 0) is 9.47 Å². The van der Waals surface area contributed by atoms with Crippen LogP contribution in [0.1, 0.15) is 32.1 Å². The summed E-state index contributed by atoms with van der Waals surface area (Å²) in [5, 5.41) is 0. The van der Waals surface area contributed by atoms with Crippen LogP contribution in [0.2, 0.25) is 0 Å². The predicted molar refractivity (Wildman–Crippen MR) is 44.7 cm³/mol. The number of hydrogen-bond donors (Lipinski definition) is 0. The van der Waals surface area contributed by atoms with E-state index in [1.807, 2.05) is 0 Å². The number of ether oxygens (including phenoxy) is 2. The molecule has 0 aromatic rings. The molecule has 3 rings (SSSR count). The molecule has 3 fully saturated rings. The fourth-order valence-corrected chi connectivity index (χ4v) is 3.36. The number of rotatable bonds is 0. The topological polar surface area (TPSA) is 18.5 Å². The summed E-state index contributed by atoms with van der Waals surface area (Å²) in [5.41, 5.74) is 0.